The number of carboxylic acids is 1. The average molecular weight is 393 g/mol. The Morgan fingerprint density at radius 3 is 2.56 bits per heavy atom. The van der Waals surface area contributed by atoms with Gasteiger partial charge in [0.1, 0.15) is 12.4 Å². The number of aryl methyl sites for hydroxylation is 1. The summed E-state index contributed by atoms with van der Waals surface area (Å²) in [4.78, 5) is 10.7. The molecule has 3 nitrogen and oxygen atoms in total. The van der Waals surface area contributed by atoms with Crippen molar-refractivity contribution in [1.29, 1.82) is 0 Å². The van der Waals surface area contributed by atoms with Gasteiger partial charge in [0.05, 0.1) is 0 Å². The standard InChI is InChI=1S/C21H19ClF2O3/c22-19-10-17(8-6-15(19)7-9-20(25)26)27-13-16-11-21(23,24)12-18(16)14-4-2-1-3-5-14/h1-6,8,10H,7,9,11-13H2,(H,25,26). The molecule has 2 aromatic rings. The molecule has 2 aromatic carbocycles. The van der Waals surface area contributed by atoms with Gasteiger partial charge in [0.2, 0.25) is 0 Å². The Hall–Kier alpha value is -2.40. The number of hydrogen-bond acceptors (Lipinski definition) is 2. The highest BCUT2D eigenvalue weighted by molar-refractivity contribution is 6.31. The van der Waals surface area contributed by atoms with Crippen molar-refractivity contribution in [1.82, 2.24) is 0 Å². The molecule has 0 saturated carbocycles. The van der Waals surface area contributed by atoms with Gasteiger partial charge in [-0.15, -0.1) is 0 Å². The van der Waals surface area contributed by atoms with Crippen LogP contribution in [0.1, 0.15) is 30.4 Å². The van der Waals surface area contributed by atoms with E-state index in [2.05, 4.69) is 0 Å². The number of halogens is 3. The summed E-state index contributed by atoms with van der Waals surface area (Å²) in [5, 5.41) is 9.16. The van der Waals surface area contributed by atoms with Gasteiger partial charge in [-0.1, -0.05) is 48.0 Å². The van der Waals surface area contributed by atoms with Crippen molar-refractivity contribution in [3.8, 4) is 5.75 Å². The van der Waals surface area contributed by atoms with Gasteiger partial charge in [0, 0.05) is 24.3 Å². The fourth-order valence-electron chi connectivity index (χ4n) is 3.18. The molecule has 0 fully saturated rings. The number of ether oxygens (including phenoxy) is 1. The van der Waals surface area contributed by atoms with E-state index in [0.717, 1.165) is 5.56 Å². The monoisotopic (exact) mass is 392 g/mol. The van der Waals surface area contributed by atoms with E-state index in [1.54, 1.807) is 18.2 Å². The first kappa shape index (κ1) is 19.4. The molecular weight excluding hydrogens is 374 g/mol. The van der Waals surface area contributed by atoms with Gasteiger partial charge >= 0.3 is 5.97 Å². The van der Waals surface area contributed by atoms with E-state index in [1.165, 1.54) is 0 Å². The molecule has 0 aromatic heterocycles. The van der Waals surface area contributed by atoms with Crippen molar-refractivity contribution in [2.45, 2.75) is 31.6 Å². The van der Waals surface area contributed by atoms with Crippen LogP contribution in [0.4, 0.5) is 8.78 Å². The maximum atomic E-state index is 14.0. The Kier molecular flexibility index (Phi) is 5.80. The van der Waals surface area contributed by atoms with Gasteiger partial charge < -0.3 is 9.84 Å². The summed E-state index contributed by atoms with van der Waals surface area (Å²) < 4.78 is 33.6. The van der Waals surface area contributed by atoms with E-state index in [0.29, 0.717) is 33.9 Å². The van der Waals surface area contributed by atoms with Crippen LogP contribution >= 0.6 is 11.6 Å². The summed E-state index contributed by atoms with van der Waals surface area (Å²) in [5.41, 5.74) is 2.71. The maximum Gasteiger partial charge on any atom is 0.303 e. The van der Waals surface area contributed by atoms with Gasteiger partial charge in [0.15, 0.2) is 0 Å². The van der Waals surface area contributed by atoms with E-state index < -0.39 is 11.9 Å². The van der Waals surface area contributed by atoms with Crippen molar-refractivity contribution in [2.24, 2.45) is 0 Å². The van der Waals surface area contributed by atoms with Crippen LogP contribution in [0.25, 0.3) is 5.57 Å². The second-order valence-corrected chi connectivity index (χ2v) is 7.00. The number of aliphatic carboxylic acids is 1. The van der Waals surface area contributed by atoms with Crippen LogP contribution in [0.2, 0.25) is 5.02 Å². The first-order valence-electron chi connectivity index (χ1n) is 8.61. The Morgan fingerprint density at radius 1 is 1.15 bits per heavy atom. The van der Waals surface area contributed by atoms with E-state index in [1.807, 2.05) is 30.3 Å². The number of allylic oxidation sites excluding steroid dienone is 1. The highest BCUT2D eigenvalue weighted by Gasteiger charge is 2.39. The molecule has 0 heterocycles. The number of carboxylic acid groups (broad SMARTS) is 1. The number of benzene rings is 2. The molecule has 27 heavy (non-hydrogen) atoms. The lowest BCUT2D eigenvalue weighted by molar-refractivity contribution is -0.136. The molecule has 0 amide bonds. The summed E-state index contributed by atoms with van der Waals surface area (Å²) in [6, 6.07) is 14.1. The normalized spacial score (nSPS) is 15.8. The van der Waals surface area contributed by atoms with Gasteiger partial charge in [-0.3, -0.25) is 4.79 Å². The summed E-state index contributed by atoms with van der Waals surface area (Å²) >= 11 is 6.17. The van der Waals surface area contributed by atoms with Gasteiger partial charge in [-0.2, -0.15) is 0 Å². The molecule has 0 atom stereocenters. The molecule has 142 valence electrons. The molecule has 6 heteroatoms. The quantitative estimate of drug-likeness (QED) is 0.665. The Morgan fingerprint density at radius 2 is 1.89 bits per heavy atom. The Bertz CT molecular complexity index is 863. The molecule has 0 saturated heterocycles. The lowest BCUT2D eigenvalue weighted by atomic mass is 10.0. The molecule has 3 rings (SSSR count). The molecule has 0 spiro atoms. The summed E-state index contributed by atoms with van der Waals surface area (Å²) in [6.45, 7) is 0.0601. The number of hydrogen-bond donors (Lipinski definition) is 1. The topological polar surface area (TPSA) is 46.5 Å². The minimum absolute atomic E-state index is 0.0116. The number of carbonyl (C=O) groups is 1. The Balaban J connectivity index is 1.72. The summed E-state index contributed by atoms with van der Waals surface area (Å²) in [5.74, 6) is -3.19. The third-order valence-corrected chi connectivity index (χ3v) is 4.85. The molecule has 1 N–H and O–H groups in total. The zero-order valence-electron chi connectivity index (χ0n) is 14.6. The minimum atomic E-state index is -2.76. The third-order valence-electron chi connectivity index (χ3n) is 4.50. The van der Waals surface area contributed by atoms with Crippen molar-refractivity contribution < 1.29 is 23.4 Å². The molecule has 0 aliphatic heterocycles. The SMILES string of the molecule is O=C(O)CCc1ccc(OCC2=C(c3ccccc3)CC(F)(F)C2)cc1Cl. The third kappa shape index (κ3) is 5.07. The smallest absolute Gasteiger partial charge is 0.303 e. The highest BCUT2D eigenvalue weighted by atomic mass is 35.5. The van der Waals surface area contributed by atoms with Crippen LogP contribution in [0, 0.1) is 0 Å². The van der Waals surface area contributed by atoms with E-state index >= 15 is 0 Å². The first-order valence-corrected chi connectivity index (χ1v) is 8.99. The first-order chi connectivity index (χ1) is 12.8. The number of alkyl halides is 2. The van der Waals surface area contributed by atoms with Crippen LogP contribution in [0.3, 0.4) is 0 Å². The van der Waals surface area contributed by atoms with Crippen LogP contribution in [0.5, 0.6) is 5.75 Å². The van der Waals surface area contributed by atoms with Crippen LogP contribution in [-0.4, -0.2) is 23.6 Å². The van der Waals surface area contributed by atoms with Crippen molar-refractivity contribution in [3.63, 3.8) is 0 Å². The van der Waals surface area contributed by atoms with Crippen molar-refractivity contribution in [3.05, 3.63) is 70.3 Å². The van der Waals surface area contributed by atoms with Crippen molar-refractivity contribution in [2.75, 3.05) is 6.61 Å². The van der Waals surface area contributed by atoms with Crippen LogP contribution in [-0.2, 0) is 11.2 Å². The van der Waals surface area contributed by atoms with E-state index in [9.17, 15) is 13.6 Å². The second-order valence-electron chi connectivity index (χ2n) is 6.59. The van der Waals surface area contributed by atoms with Gasteiger partial charge in [0.25, 0.3) is 5.92 Å². The van der Waals surface area contributed by atoms with E-state index in [-0.39, 0.29) is 25.9 Å². The predicted molar refractivity (Wildman–Crippen MR) is 100 cm³/mol. The fraction of sp³-hybridized carbons (Fsp3) is 0.286. The molecule has 0 radical (unpaired) electrons. The van der Waals surface area contributed by atoms with Gasteiger partial charge in [-0.05, 0) is 40.8 Å². The predicted octanol–water partition coefficient (Wildman–Crippen LogP) is 5.62. The molecule has 0 unspecified atom stereocenters. The number of rotatable bonds is 7. The van der Waals surface area contributed by atoms with Crippen LogP contribution in [0.15, 0.2) is 54.1 Å². The lowest BCUT2D eigenvalue weighted by Crippen LogP contribution is -2.11. The fourth-order valence-corrected chi connectivity index (χ4v) is 3.45. The van der Waals surface area contributed by atoms with Crippen molar-refractivity contribution >= 4 is 23.1 Å². The Labute approximate surface area is 161 Å². The van der Waals surface area contributed by atoms with Gasteiger partial charge in [-0.25, -0.2) is 8.78 Å². The zero-order chi connectivity index (χ0) is 19.4. The molecular formula is C21H19ClF2O3. The average Bonchev–Trinajstić information content (AvgIpc) is 2.94. The highest BCUT2D eigenvalue weighted by Crippen LogP contribution is 2.44. The maximum absolute atomic E-state index is 14.0. The molecule has 1 aliphatic carbocycles. The zero-order valence-corrected chi connectivity index (χ0v) is 15.3. The molecule has 1 aliphatic rings. The summed E-state index contributed by atoms with van der Waals surface area (Å²) in [7, 11) is 0. The second kappa shape index (κ2) is 8.09. The lowest BCUT2D eigenvalue weighted by Gasteiger charge is -2.11. The largest absolute Gasteiger partial charge is 0.489 e. The van der Waals surface area contributed by atoms with E-state index in [4.69, 9.17) is 21.4 Å². The summed E-state index contributed by atoms with van der Waals surface area (Å²) in [6.07, 6.45) is -0.293. The molecule has 0 bridgehead atoms. The minimum Gasteiger partial charge on any atom is -0.489 e. The van der Waals surface area contributed by atoms with Crippen LogP contribution < -0.4 is 4.74 Å².